The summed E-state index contributed by atoms with van der Waals surface area (Å²) < 4.78 is 14.8. The molecule has 0 radical (unpaired) electrons. The Hall–Kier alpha value is -5.15. The van der Waals surface area contributed by atoms with Crippen LogP contribution < -0.4 is 5.32 Å². The quantitative estimate of drug-likeness (QED) is 0.268. The van der Waals surface area contributed by atoms with E-state index in [-0.39, 0.29) is 24.2 Å². The summed E-state index contributed by atoms with van der Waals surface area (Å²) in [4.78, 5) is 43.8. The van der Waals surface area contributed by atoms with Gasteiger partial charge in [-0.1, -0.05) is 48.0 Å². The van der Waals surface area contributed by atoms with Crippen molar-refractivity contribution in [3.63, 3.8) is 0 Å². The molecule has 3 heterocycles. The molecule has 0 saturated carbocycles. The highest BCUT2D eigenvalue weighted by molar-refractivity contribution is 6.31. The molecule has 0 unspecified atom stereocenters. The Morgan fingerprint density at radius 1 is 0.870 bits per heavy atom. The number of benzene rings is 3. The van der Waals surface area contributed by atoms with Gasteiger partial charge < -0.3 is 15.1 Å². The van der Waals surface area contributed by atoms with Crippen LogP contribution in [0.15, 0.2) is 102 Å². The lowest BCUT2D eigenvalue weighted by Crippen LogP contribution is -2.51. The topological polar surface area (TPSA) is 90.8 Å². The third kappa shape index (κ3) is 5.93. The van der Waals surface area contributed by atoms with E-state index in [0.717, 1.165) is 35.2 Å². The predicted molar refractivity (Wildman–Crippen MR) is 177 cm³/mol. The van der Waals surface area contributed by atoms with Gasteiger partial charge in [-0.05, 0) is 61.4 Å². The number of nitrogens with zero attached hydrogens (tertiary/aromatic N) is 5. The van der Waals surface area contributed by atoms with Crippen molar-refractivity contribution in [1.29, 1.82) is 0 Å². The number of piperazine rings is 1. The lowest BCUT2D eigenvalue weighted by molar-refractivity contribution is -0.128. The number of anilines is 2. The van der Waals surface area contributed by atoms with Gasteiger partial charge in [0.2, 0.25) is 11.9 Å². The SMILES string of the molecule is O=C(C1=CC=CCC1)N1CCN(C(=O)c2ccc(Nc3ncc4c(n3)-c3ccc(Cl)cc3C(c3ccccc3F)=NC4)cc2)CC1. The Morgan fingerprint density at radius 3 is 2.37 bits per heavy atom. The molecule has 1 saturated heterocycles. The summed E-state index contributed by atoms with van der Waals surface area (Å²) in [6.45, 7) is 2.30. The third-order valence-electron chi connectivity index (χ3n) is 8.42. The van der Waals surface area contributed by atoms with Crippen LogP contribution in [0.25, 0.3) is 11.3 Å². The second kappa shape index (κ2) is 12.7. The molecule has 1 fully saturated rings. The van der Waals surface area contributed by atoms with Crippen LogP contribution in [0.5, 0.6) is 0 Å². The highest BCUT2D eigenvalue weighted by Crippen LogP contribution is 2.34. The zero-order chi connectivity index (χ0) is 31.6. The zero-order valence-electron chi connectivity index (χ0n) is 24.9. The molecule has 230 valence electrons. The molecule has 0 atom stereocenters. The van der Waals surface area contributed by atoms with E-state index in [4.69, 9.17) is 21.6 Å². The summed E-state index contributed by atoms with van der Waals surface area (Å²) in [6.07, 6.45) is 9.26. The van der Waals surface area contributed by atoms with Crippen molar-refractivity contribution < 1.29 is 14.0 Å². The van der Waals surface area contributed by atoms with Crippen molar-refractivity contribution in [2.45, 2.75) is 19.4 Å². The molecule has 1 N–H and O–H groups in total. The second-order valence-electron chi connectivity index (χ2n) is 11.3. The van der Waals surface area contributed by atoms with Crippen LogP contribution in [0.1, 0.15) is 39.9 Å². The Morgan fingerprint density at radius 2 is 1.63 bits per heavy atom. The van der Waals surface area contributed by atoms with E-state index in [2.05, 4.69) is 16.4 Å². The van der Waals surface area contributed by atoms with Gasteiger partial charge in [-0.25, -0.2) is 14.4 Å². The minimum absolute atomic E-state index is 0.0669. The maximum Gasteiger partial charge on any atom is 0.253 e. The van der Waals surface area contributed by atoms with Gasteiger partial charge in [0.1, 0.15) is 5.82 Å². The van der Waals surface area contributed by atoms with Crippen molar-refractivity contribution in [1.82, 2.24) is 19.8 Å². The summed E-state index contributed by atoms with van der Waals surface area (Å²) in [6, 6.07) is 19.2. The Bertz CT molecular complexity index is 1930. The number of aromatic nitrogens is 2. The lowest BCUT2D eigenvalue weighted by atomic mass is 9.95. The van der Waals surface area contributed by atoms with E-state index in [0.29, 0.717) is 65.2 Å². The number of amides is 2. The lowest BCUT2D eigenvalue weighted by Gasteiger charge is -2.35. The molecule has 3 aromatic carbocycles. The van der Waals surface area contributed by atoms with Gasteiger partial charge in [-0.3, -0.25) is 14.6 Å². The standard InChI is InChI=1S/C36H30ClFN6O2/c37-26-12-15-28-30(20-26)33(29-8-4-5-9-31(29)38)39-21-25-22-40-36(42-32(25)28)41-27-13-10-24(11-14-27)35(46)44-18-16-43(17-19-44)34(45)23-6-2-1-3-7-23/h1-2,4-6,8-15,20,22H,3,7,16-19,21H2,(H,40,41,42). The number of aliphatic imine (C=N–C) groups is 1. The maximum atomic E-state index is 14.8. The number of nitrogens with one attached hydrogen (secondary N) is 1. The third-order valence-corrected chi connectivity index (χ3v) is 8.66. The minimum atomic E-state index is -0.365. The van der Waals surface area contributed by atoms with Crippen molar-refractivity contribution in [3.8, 4) is 11.3 Å². The first kappa shape index (κ1) is 29.6. The molecule has 0 bridgehead atoms. The summed E-state index contributed by atoms with van der Waals surface area (Å²) >= 11 is 6.38. The molecule has 2 aliphatic heterocycles. The molecule has 10 heteroatoms. The number of allylic oxidation sites excluding steroid dienone is 3. The van der Waals surface area contributed by atoms with Crippen molar-refractivity contribution in [3.05, 3.63) is 130 Å². The second-order valence-corrected chi connectivity index (χ2v) is 11.8. The molecule has 7 rings (SSSR count). The van der Waals surface area contributed by atoms with Gasteiger partial charge in [-0.2, -0.15) is 0 Å². The van der Waals surface area contributed by atoms with E-state index in [9.17, 15) is 14.0 Å². The molecule has 2 amide bonds. The number of hydrogen-bond donors (Lipinski definition) is 1. The van der Waals surface area contributed by atoms with Gasteiger partial charge in [-0.15, -0.1) is 0 Å². The average Bonchev–Trinajstić information content (AvgIpc) is 3.25. The van der Waals surface area contributed by atoms with Crippen LogP contribution in [0, 0.1) is 5.82 Å². The number of fused-ring (bicyclic) bond motifs is 3. The number of halogens is 2. The molecular formula is C36H30ClFN6O2. The van der Waals surface area contributed by atoms with Gasteiger partial charge in [0.25, 0.3) is 5.91 Å². The highest BCUT2D eigenvalue weighted by Gasteiger charge is 2.27. The molecule has 4 aromatic rings. The van der Waals surface area contributed by atoms with Crippen LogP contribution in [-0.4, -0.2) is 63.5 Å². The number of rotatable bonds is 5. The van der Waals surface area contributed by atoms with Crippen molar-refractivity contribution in [2.24, 2.45) is 4.99 Å². The minimum Gasteiger partial charge on any atom is -0.335 e. The van der Waals surface area contributed by atoms with Crippen LogP contribution in [0.3, 0.4) is 0 Å². The molecular weight excluding hydrogens is 603 g/mol. The van der Waals surface area contributed by atoms with Crippen LogP contribution >= 0.6 is 11.6 Å². The van der Waals surface area contributed by atoms with Crippen molar-refractivity contribution >= 4 is 40.8 Å². The summed E-state index contributed by atoms with van der Waals surface area (Å²) in [5, 5.41) is 3.75. The fraction of sp³-hybridized carbons (Fsp3) is 0.194. The predicted octanol–water partition coefficient (Wildman–Crippen LogP) is 6.59. The first-order valence-corrected chi connectivity index (χ1v) is 15.6. The molecule has 1 aromatic heterocycles. The van der Waals surface area contributed by atoms with E-state index in [1.807, 2.05) is 35.3 Å². The molecule has 1 aliphatic carbocycles. The van der Waals surface area contributed by atoms with E-state index in [1.165, 1.54) is 6.07 Å². The molecule has 0 spiro atoms. The number of carbonyl (C=O) groups excluding carboxylic acids is 2. The van der Waals surface area contributed by atoms with E-state index in [1.54, 1.807) is 53.6 Å². The molecule has 46 heavy (non-hydrogen) atoms. The first-order chi connectivity index (χ1) is 22.4. The number of carbonyl (C=O) groups is 2. The number of hydrogen-bond acceptors (Lipinski definition) is 6. The molecule has 8 nitrogen and oxygen atoms in total. The Kier molecular flexibility index (Phi) is 8.15. The van der Waals surface area contributed by atoms with E-state index < -0.39 is 0 Å². The Balaban J connectivity index is 1.05. The van der Waals surface area contributed by atoms with Gasteiger partial charge >= 0.3 is 0 Å². The molecule has 3 aliphatic rings. The fourth-order valence-corrected chi connectivity index (χ4v) is 6.14. The van der Waals surface area contributed by atoms with Crippen LogP contribution in [0.2, 0.25) is 5.02 Å². The monoisotopic (exact) mass is 632 g/mol. The summed E-state index contributed by atoms with van der Waals surface area (Å²) in [5.41, 5.74) is 5.97. The highest BCUT2D eigenvalue weighted by atomic mass is 35.5. The maximum absolute atomic E-state index is 14.8. The van der Waals surface area contributed by atoms with Gasteiger partial charge in [0.05, 0.1) is 18.0 Å². The van der Waals surface area contributed by atoms with Crippen LogP contribution in [-0.2, 0) is 11.3 Å². The van der Waals surface area contributed by atoms with Gasteiger partial charge in [0, 0.05) is 76.5 Å². The van der Waals surface area contributed by atoms with Gasteiger partial charge in [0.15, 0.2) is 0 Å². The smallest absolute Gasteiger partial charge is 0.253 e. The van der Waals surface area contributed by atoms with E-state index >= 15 is 0 Å². The summed E-state index contributed by atoms with van der Waals surface area (Å²) in [5.74, 6) is 0.00611. The van der Waals surface area contributed by atoms with Crippen LogP contribution in [0.4, 0.5) is 16.0 Å². The normalized spacial score (nSPS) is 15.7. The summed E-state index contributed by atoms with van der Waals surface area (Å²) in [7, 11) is 0. The first-order valence-electron chi connectivity index (χ1n) is 15.2. The largest absolute Gasteiger partial charge is 0.335 e. The van der Waals surface area contributed by atoms with Crippen molar-refractivity contribution in [2.75, 3.05) is 31.5 Å². The Labute approximate surface area is 271 Å². The zero-order valence-corrected chi connectivity index (χ0v) is 25.7. The average molecular weight is 633 g/mol. The fourth-order valence-electron chi connectivity index (χ4n) is 5.97.